The van der Waals surface area contributed by atoms with Gasteiger partial charge in [-0.3, -0.25) is 0 Å². The Bertz CT molecular complexity index is 250. The molecule has 0 aliphatic rings. The summed E-state index contributed by atoms with van der Waals surface area (Å²) in [6, 6.07) is 5.92. The Balaban J connectivity index is 2.93. The second-order valence-electron chi connectivity index (χ2n) is 2.17. The van der Waals surface area contributed by atoms with Crippen molar-refractivity contribution in [3.05, 3.63) is 33.3 Å². The summed E-state index contributed by atoms with van der Waals surface area (Å²) in [6.45, 7) is 0. The SMILES string of the molecule is CSCc1cc(Br)ccc1Cl. The lowest BCUT2D eigenvalue weighted by Crippen LogP contribution is -1.81. The number of benzene rings is 1. The second kappa shape index (κ2) is 4.39. The molecule has 0 N–H and O–H groups in total. The molecule has 0 saturated heterocycles. The third kappa shape index (κ3) is 2.69. The van der Waals surface area contributed by atoms with Gasteiger partial charge in [-0.1, -0.05) is 27.5 Å². The van der Waals surface area contributed by atoms with Gasteiger partial charge in [0.25, 0.3) is 0 Å². The second-order valence-corrected chi connectivity index (χ2v) is 4.36. The van der Waals surface area contributed by atoms with Crippen molar-refractivity contribution in [2.75, 3.05) is 6.26 Å². The lowest BCUT2D eigenvalue weighted by Gasteiger charge is -2.01. The number of thioether (sulfide) groups is 1. The van der Waals surface area contributed by atoms with Gasteiger partial charge >= 0.3 is 0 Å². The van der Waals surface area contributed by atoms with Gasteiger partial charge in [0.2, 0.25) is 0 Å². The molecule has 0 bridgehead atoms. The molecule has 60 valence electrons. The van der Waals surface area contributed by atoms with E-state index < -0.39 is 0 Å². The lowest BCUT2D eigenvalue weighted by molar-refractivity contribution is 1.40. The van der Waals surface area contributed by atoms with E-state index in [0.717, 1.165) is 15.2 Å². The minimum Gasteiger partial charge on any atom is -0.161 e. The number of halogens is 2. The Hall–Kier alpha value is 0.340. The van der Waals surface area contributed by atoms with E-state index in [9.17, 15) is 0 Å². The van der Waals surface area contributed by atoms with Crippen molar-refractivity contribution in [1.82, 2.24) is 0 Å². The van der Waals surface area contributed by atoms with E-state index >= 15 is 0 Å². The van der Waals surface area contributed by atoms with Gasteiger partial charge in [0.1, 0.15) is 0 Å². The summed E-state index contributed by atoms with van der Waals surface area (Å²) in [5.41, 5.74) is 1.19. The lowest BCUT2D eigenvalue weighted by atomic mass is 10.2. The van der Waals surface area contributed by atoms with E-state index in [4.69, 9.17) is 11.6 Å². The number of rotatable bonds is 2. The van der Waals surface area contributed by atoms with Gasteiger partial charge in [0.15, 0.2) is 0 Å². The fourth-order valence-electron chi connectivity index (χ4n) is 0.809. The average molecular weight is 252 g/mol. The van der Waals surface area contributed by atoms with Gasteiger partial charge in [-0.15, -0.1) is 0 Å². The molecule has 1 rings (SSSR count). The van der Waals surface area contributed by atoms with Gasteiger partial charge in [0, 0.05) is 15.2 Å². The van der Waals surface area contributed by atoms with Gasteiger partial charge < -0.3 is 0 Å². The molecular formula is C8H8BrClS. The van der Waals surface area contributed by atoms with E-state index in [1.807, 2.05) is 12.1 Å². The molecule has 1 aromatic carbocycles. The Morgan fingerprint density at radius 1 is 1.55 bits per heavy atom. The third-order valence-electron chi connectivity index (χ3n) is 1.31. The highest BCUT2D eigenvalue weighted by Crippen LogP contribution is 2.23. The van der Waals surface area contributed by atoms with Crippen LogP contribution in [0.2, 0.25) is 5.02 Å². The Kier molecular flexibility index (Phi) is 3.76. The van der Waals surface area contributed by atoms with Gasteiger partial charge in [-0.05, 0) is 30.0 Å². The topological polar surface area (TPSA) is 0 Å². The van der Waals surface area contributed by atoms with Crippen molar-refractivity contribution < 1.29 is 0 Å². The van der Waals surface area contributed by atoms with Crippen LogP contribution in [0.4, 0.5) is 0 Å². The van der Waals surface area contributed by atoms with E-state index in [-0.39, 0.29) is 0 Å². The molecule has 3 heteroatoms. The van der Waals surface area contributed by atoms with Crippen LogP contribution in [-0.4, -0.2) is 6.26 Å². The van der Waals surface area contributed by atoms with Crippen molar-refractivity contribution >= 4 is 39.3 Å². The molecule has 0 aromatic heterocycles. The van der Waals surface area contributed by atoms with Crippen molar-refractivity contribution in [3.63, 3.8) is 0 Å². The van der Waals surface area contributed by atoms with Gasteiger partial charge in [-0.2, -0.15) is 11.8 Å². The molecule has 0 saturated carbocycles. The maximum absolute atomic E-state index is 5.94. The highest BCUT2D eigenvalue weighted by atomic mass is 79.9. The normalized spacial score (nSPS) is 10.1. The first-order chi connectivity index (χ1) is 5.24. The first-order valence-electron chi connectivity index (χ1n) is 3.17. The first kappa shape index (κ1) is 9.43. The summed E-state index contributed by atoms with van der Waals surface area (Å²) in [6.07, 6.45) is 2.07. The van der Waals surface area contributed by atoms with Gasteiger partial charge in [0.05, 0.1) is 0 Å². The van der Waals surface area contributed by atoms with E-state index in [1.165, 1.54) is 5.56 Å². The monoisotopic (exact) mass is 250 g/mol. The smallest absolute Gasteiger partial charge is 0.0447 e. The zero-order chi connectivity index (χ0) is 8.27. The molecule has 1 aromatic rings. The highest BCUT2D eigenvalue weighted by molar-refractivity contribution is 9.10. The van der Waals surface area contributed by atoms with Crippen LogP contribution in [0.5, 0.6) is 0 Å². The average Bonchev–Trinajstić information content (AvgIpc) is 1.98. The molecule has 0 unspecified atom stereocenters. The molecule has 0 aliphatic heterocycles. The quantitative estimate of drug-likeness (QED) is 0.766. The maximum Gasteiger partial charge on any atom is 0.0447 e. The molecule has 0 fully saturated rings. The summed E-state index contributed by atoms with van der Waals surface area (Å²) in [5, 5.41) is 0.850. The van der Waals surface area contributed by atoms with Crippen LogP contribution in [-0.2, 0) is 5.75 Å². The van der Waals surface area contributed by atoms with Crippen LogP contribution in [0, 0.1) is 0 Å². The van der Waals surface area contributed by atoms with Crippen molar-refractivity contribution in [2.45, 2.75) is 5.75 Å². The van der Waals surface area contributed by atoms with Crippen LogP contribution >= 0.6 is 39.3 Å². The zero-order valence-corrected chi connectivity index (χ0v) is 9.26. The Morgan fingerprint density at radius 2 is 2.27 bits per heavy atom. The first-order valence-corrected chi connectivity index (χ1v) is 5.73. The minimum atomic E-state index is 0.850. The maximum atomic E-state index is 5.94. The molecule has 0 amide bonds. The predicted molar refractivity (Wildman–Crippen MR) is 56.4 cm³/mol. The molecule has 0 spiro atoms. The molecule has 0 heterocycles. The van der Waals surface area contributed by atoms with E-state index in [2.05, 4.69) is 28.3 Å². The molecule has 11 heavy (non-hydrogen) atoms. The summed E-state index contributed by atoms with van der Waals surface area (Å²) < 4.78 is 1.09. The van der Waals surface area contributed by atoms with Crippen LogP contribution in [0.15, 0.2) is 22.7 Å². The Labute approximate surface area is 84.5 Å². The highest BCUT2D eigenvalue weighted by Gasteiger charge is 1.98. The molecule has 0 aliphatic carbocycles. The third-order valence-corrected chi connectivity index (χ3v) is 2.77. The molecule has 0 atom stereocenters. The van der Waals surface area contributed by atoms with Crippen molar-refractivity contribution in [2.24, 2.45) is 0 Å². The number of hydrogen-bond donors (Lipinski definition) is 0. The standard InChI is InChI=1S/C8H8BrClS/c1-11-5-6-4-7(9)2-3-8(6)10/h2-4H,5H2,1H3. The summed E-state index contributed by atoms with van der Waals surface area (Å²) in [5.74, 6) is 0.971. The fourth-order valence-corrected chi connectivity index (χ4v) is 2.03. The van der Waals surface area contributed by atoms with Crippen LogP contribution in [0.25, 0.3) is 0 Å². The van der Waals surface area contributed by atoms with E-state index in [0.29, 0.717) is 0 Å². The summed E-state index contributed by atoms with van der Waals surface area (Å²) in [4.78, 5) is 0. The summed E-state index contributed by atoms with van der Waals surface area (Å²) in [7, 11) is 0. The van der Waals surface area contributed by atoms with Crippen LogP contribution in [0.1, 0.15) is 5.56 Å². The molecule has 0 nitrogen and oxygen atoms in total. The molecule has 0 radical (unpaired) electrons. The van der Waals surface area contributed by atoms with Gasteiger partial charge in [-0.25, -0.2) is 0 Å². The Morgan fingerprint density at radius 3 is 2.91 bits per heavy atom. The predicted octanol–water partition coefficient (Wildman–Crippen LogP) is 3.97. The fraction of sp³-hybridized carbons (Fsp3) is 0.250. The van der Waals surface area contributed by atoms with Crippen molar-refractivity contribution in [3.8, 4) is 0 Å². The largest absolute Gasteiger partial charge is 0.161 e. The zero-order valence-electron chi connectivity index (χ0n) is 6.10. The summed E-state index contributed by atoms with van der Waals surface area (Å²) >= 11 is 11.1. The minimum absolute atomic E-state index is 0.850. The van der Waals surface area contributed by atoms with E-state index in [1.54, 1.807) is 11.8 Å². The van der Waals surface area contributed by atoms with Crippen LogP contribution < -0.4 is 0 Å². The van der Waals surface area contributed by atoms with Crippen LogP contribution in [0.3, 0.4) is 0 Å². The molecular weight excluding hydrogens is 244 g/mol. The van der Waals surface area contributed by atoms with Crippen molar-refractivity contribution in [1.29, 1.82) is 0 Å². The number of hydrogen-bond acceptors (Lipinski definition) is 1.